The van der Waals surface area contributed by atoms with Crippen molar-refractivity contribution in [2.24, 2.45) is 0 Å². The van der Waals surface area contributed by atoms with Crippen molar-refractivity contribution in [2.75, 3.05) is 11.1 Å². The van der Waals surface area contributed by atoms with E-state index >= 15 is 0 Å². The standard InChI is InChI=1S/C13H12Cl2N2O2S/c1-7-8(2)19-13(16-7)20-6-11(18)17-12-9(14)4-3-5-10(12)15/h3-5H,6H2,1-2H3,(H,17,18). The molecule has 0 radical (unpaired) electrons. The lowest BCUT2D eigenvalue weighted by atomic mass is 10.3. The lowest BCUT2D eigenvalue weighted by Crippen LogP contribution is -2.14. The molecule has 2 aromatic rings. The van der Waals surface area contributed by atoms with Crippen LogP contribution in [0.4, 0.5) is 5.69 Å². The fourth-order valence-electron chi connectivity index (χ4n) is 1.43. The maximum Gasteiger partial charge on any atom is 0.256 e. The van der Waals surface area contributed by atoms with Gasteiger partial charge in [-0.3, -0.25) is 4.79 Å². The van der Waals surface area contributed by atoms with Gasteiger partial charge >= 0.3 is 0 Å². The number of aryl methyl sites for hydroxylation is 2. The molecular weight excluding hydrogens is 319 g/mol. The van der Waals surface area contributed by atoms with Crippen LogP contribution >= 0.6 is 35.0 Å². The van der Waals surface area contributed by atoms with Gasteiger partial charge in [-0.2, -0.15) is 0 Å². The van der Waals surface area contributed by atoms with E-state index in [0.29, 0.717) is 21.0 Å². The molecule has 2 rings (SSSR count). The SMILES string of the molecule is Cc1nc(SCC(=O)Nc2c(Cl)cccc2Cl)oc1C. The summed E-state index contributed by atoms with van der Waals surface area (Å²) in [7, 11) is 0. The Morgan fingerprint density at radius 1 is 1.35 bits per heavy atom. The summed E-state index contributed by atoms with van der Waals surface area (Å²) < 4.78 is 5.38. The number of carbonyl (C=O) groups is 1. The number of nitrogens with zero attached hydrogens (tertiary/aromatic N) is 1. The molecule has 1 aromatic carbocycles. The van der Waals surface area contributed by atoms with Crippen LogP contribution in [0.2, 0.25) is 10.0 Å². The second-order valence-corrected chi connectivity index (χ2v) is 5.80. The molecule has 0 saturated carbocycles. The monoisotopic (exact) mass is 330 g/mol. The molecule has 0 atom stereocenters. The van der Waals surface area contributed by atoms with Gasteiger partial charge in [0, 0.05) is 0 Å². The van der Waals surface area contributed by atoms with Crippen LogP contribution < -0.4 is 5.32 Å². The molecule has 1 amide bonds. The summed E-state index contributed by atoms with van der Waals surface area (Å²) in [5.74, 6) is 0.696. The van der Waals surface area contributed by atoms with Gasteiger partial charge in [-0.05, 0) is 26.0 Å². The van der Waals surface area contributed by atoms with Gasteiger partial charge in [0.05, 0.1) is 27.2 Å². The summed E-state index contributed by atoms with van der Waals surface area (Å²) in [5.41, 5.74) is 1.24. The van der Waals surface area contributed by atoms with Gasteiger partial charge in [0.25, 0.3) is 5.22 Å². The van der Waals surface area contributed by atoms with Crippen molar-refractivity contribution in [3.63, 3.8) is 0 Å². The number of nitrogens with one attached hydrogen (secondary N) is 1. The highest BCUT2D eigenvalue weighted by molar-refractivity contribution is 7.99. The van der Waals surface area contributed by atoms with Crippen molar-refractivity contribution in [3.8, 4) is 0 Å². The first-order valence-corrected chi connectivity index (χ1v) is 7.52. The van der Waals surface area contributed by atoms with Gasteiger partial charge in [0.15, 0.2) is 0 Å². The zero-order valence-electron chi connectivity index (χ0n) is 10.9. The van der Waals surface area contributed by atoms with Crippen molar-refractivity contribution >= 4 is 46.6 Å². The zero-order valence-corrected chi connectivity index (χ0v) is 13.2. The average molecular weight is 331 g/mol. The van der Waals surface area contributed by atoms with Gasteiger partial charge < -0.3 is 9.73 Å². The molecule has 1 aromatic heterocycles. The Bertz CT molecular complexity index is 604. The van der Waals surface area contributed by atoms with E-state index < -0.39 is 0 Å². The van der Waals surface area contributed by atoms with Crippen LogP contribution in [0.25, 0.3) is 0 Å². The summed E-state index contributed by atoms with van der Waals surface area (Å²) in [6.45, 7) is 3.68. The third-order valence-electron chi connectivity index (χ3n) is 2.56. The van der Waals surface area contributed by atoms with E-state index in [1.54, 1.807) is 18.2 Å². The molecule has 0 bridgehead atoms. The number of halogens is 2. The molecule has 0 unspecified atom stereocenters. The Labute approximate surface area is 130 Å². The number of oxazole rings is 1. The van der Waals surface area contributed by atoms with E-state index in [4.69, 9.17) is 27.6 Å². The van der Waals surface area contributed by atoms with E-state index in [2.05, 4.69) is 10.3 Å². The molecule has 0 aliphatic rings. The van der Waals surface area contributed by atoms with Crippen molar-refractivity contribution in [3.05, 3.63) is 39.7 Å². The number of hydrogen-bond acceptors (Lipinski definition) is 4. The molecule has 20 heavy (non-hydrogen) atoms. The van der Waals surface area contributed by atoms with Crippen molar-refractivity contribution in [1.82, 2.24) is 4.98 Å². The highest BCUT2D eigenvalue weighted by Gasteiger charge is 2.12. The zero-order chi connectivity index (χ0) is 14.7. The Morgan fingerprint density at radius 2 is 2.00 bits per heavy atom. The van der Waals surface area contributed by atoms with E-state index in [1.807, 2.05) is 13.8 Å². The van der Waals surface area contributed by atoms with Gasteiger partial charge in [-0.25, -0.2) is 4.98 Å². The third kappa shape index (κ3) is 3.69. The fraction of sp³-hybridized carbons (Fsp3) is 0.231. The summed E-state index contributed by atoms with van der Waals surface area (Å²) in [4.78, 5) is 16.1. The van der Waals surface area contributed by atoms with Crippen molar-refractivity contribution < 1.29 is 9.21 Å². The first-order valence-electron chi connectivity index (χ1n) is 5.78. The lowest BCUT2D eigenvalue weighted by molar-refractivity contribution is -0.113. The fourth-order valence-corrected chi connectivity index (χ4v) is 2.63. The van der Waals surface area contributed by atoms with E-state index in [1.165, 1.54) is 11.8 Å². The quantitative estimate of drug-likeness (QED) is 0.847. The number of rotatable bonds is 4. The Morgan fingerprint density at radius 3 is 2.55 bits per heavy atom. The van der Waals surface area contributed by atoms with Gasteiger partial charge in [0.1, 0.15) is 5.76 Å². The van der Waals surface area contributed by atoms with Gasteiger partial charge in [0.2, 0.25) is 5.91 Å². The van der Waals surface area contributed by atoms with Crippen LogP contribution in [0.1, 0.15) is 11.5 Å². The van der Waals surface area contributed by atoms with Crippen LogP contribution in [0, 0.1) is 13.8 Å². The number of aromatic nitrogens is 1. The Hall–Kier alpha value is -1.17. The summed E-state index contributed by atoms with van der Waals surface area (Å²) in [5, 5.41) is 3.95. The number of anilines is 1. The summed E-state index contributed by atoms with van der Waals surface area (Å²) in [6.07, 6.45) is 0. The van der Waals surface area contributed by atoms with Crippen molar-refractivity contribution in [1.29, 1.82) is 0 Å². The minimum Gasteiger partial charge on any atom is -0.437 e. The van der Waals surface area contributed by atoms with Crippen LogP contribution in [0.15, 0.2) is 27.8 Å². The molecule has 0 spiro atoms. The Balaban J connectivity index is 1.96. The first-order chi connectivity index (χ1) is 9.47. The first kappa shape index (κ1) is 15.2. The molecule has 7 heteroatoms. The second kappa shape index (κ2) is 6.52. The molecule has 106 valence electrons. The third-order valence-corrected chi connectivity index (χ3v) is 4.02. The maximum absolute atomic E-state index is 11.9. The largest absolute Gasteiger partial charge is 0.437 e. The van der Waals surface area contributed by atoms with E-state index in [-0.39, 0.29) is 11.7 Å². The lowest BCUT2D eigenvalue weighted by Gasteiger charge is -2.08. The number of hydrogen-bond donors (Lipinski definition) is 1. The highest BCUT2D eigenvalue weighted by atomic mass is 35.5. The molecule has 1 N–H and O–H groups in total. The molecule has 1 heterocycles. The predicted molar refractivity (Wildman–Crippen MR) is 81.8 cm³/mol. The van der Waals surface area contributed by atoms with E-state index in [9.17, 15) is 4.79 Å². The average Bonchev–Trinajstić information content (AvgIpc) is 2.71. The van der Waals surface area contributed by atoms with Gasteiger partial charge in [-0.1, -0.05) is 41.0 Å². The highest BCUT2D eigenvalue weighted by Crippen LogP contribution is 2.30. The van der Waals surface area contributed by atoms with Crippen molar-refractivity contribution in [2.45, 2.75) is 19.1 Å². The second-order valence-electron chi connectivity index (χ2n) is 4.05. The number of carbonyl (C=O) groups excluding carboxylic acids is 1. The molecule has 0 fully saturated rings. The van der Waals surface area contributed by atoms with Crippen LogP contribution in [-0.4, -0.2) is 16.6 Å². The maximum atomic E-state index is 11.9. The molecule has 0 aliphatic carbocycles. The summed E-state index contributed by atoms with van der Waals surface area (Å²) >= 11 is 13.2. The minimum absolute atomic E-state index is 0.168. The topological polar surface area (TPSA) is 55.1 Å². The number of thioether (sulfide) groups is 1. The summed E-state index contributed by atoms with van der Waals surface area (Å²) in [6, 6.07) is 5.04. The minimum atomic E-state index is -0.224. The normalized spacial score (nSPS) is 10.6. The van der Waals surface area contributed by atoms with Crippen LogP contribution in [0.3, 0.4) is 0 Å². The number of benzene rings is 1. The van der Waals surface area contributed by atoms with Crippen LogP contribution in [-0.2, 0) is 4.79 Å². The number of amides is 1. The molecule has 0 aliphatic heterocycles. The molecule has 4 nitrogen and oxygen atoms in total. The van der Waals surface area contributed by atoms with E-state index in [0.717, 1.165) is 11.5 Å². The predicted octanol–water partition coefficient (Wildman–Crippen LogP) is 4.33. The molecular formula is C13H12Cl2N2O2S. The van der Waals surface area contributed by atoms with Gasteiger partial charge in [-0.15, -0.1) is 0 Å². The Kier molecular flexibility index (Phi) is 4.96. The number of para-hydroxylation sites is 1. The molecule has 0 saturated heterocycles. The van der Waals surface area contributed by atoms with Crippen LogP contribution in [0.5, 0.6) is 0 Å². The smallest absolute Gasteiger partial charge is 0.256 e.